The number of thiazole rings is 1. The highest BCUT2D eigenvalue weighted by Gasteiger charge is 2.16. The Morgan fingerprint density at radius 3 is 2.88 bits per heavy atom. The van der Waals surface area contributed by atoms with E-state index in [9.17, 15) is 10.1 Å². The number of amides is 1. The van der Waals surface area contributed by atoms with Crippen molar-refractivity contribution in [2.24, 2.45) is 0 Å². The van der Waals surface area contributed by atoms with Gasteiger partial charge >= 0.3 is 0 Å². The number of nitrogens with one attached hydrogen (secondary N) is 2. The van der Waals surface area contributed by atoms with Crippen LogP contribution >= 0.6 is 11.3 Å². The lowest BCUT2D eigenvalue weighted by Gasteiger charge is -2.20. The van der Waals surface area contributed by atoms with Gasteiger partial charge in [-0.1, -0.05) is 18.2 Å². The second kappa shape index (κ2) is 7.95. The van der Waals surface area contributed by atoms with Gasteiger partial charge in [-0.3, -0.25) is 4.79 Å². The van der Waals surface area contributed by atoms with Crippen molar-refractivity contribution in [3.63, 3.8) is 0 Å². The quantitative estimate of drug-likeness (QED) is 0.635. The summed E-state index contributed by atoms with van der Waals surface area (Å²) in [5.41, 5.74) is 3.89. The van der Waals surface area contributed by atoms with Gasteiger partial charge in [-0.2, -0.15) is 5.26 Å². The molecule has 5 nitrogen and oxygen atoms in total. The van der Waals surface area contributed by atoms with Gasteiger partial charge in [0.25, 0.3) is 5.91 Å². The highest BCUT2D eigenvalue weighted by Crippen LogP contribution is 2.24. The van der Waals surface area contributed by atoms with E-state index in [1.807, 2.05) is 18.4 Å². The van der Waals surface area contributed by atoms with Crippen LogP contribution in [0.25, 0.3) is 0 Å². The fourth-order valence-corrected chi connectivity index (χ4v) is 3.46. The molecule has 3 rings (SSSR count). The standard InChI is InChI=1S/C19H20N4OS/c1-13(15-7-6-14-4-2-3-5-16(14)10-15)23-18(24)17(11-20)12-22-19-21-8-9-25-19/h6-10,12-13H,2-5H2,1H3,(H,21,22)(H,23,24)/b17-12-. The molecule has 1 aromatic heterocycles. The van der Waals surface area contributed by atoms with Gasteiger partial charge in [0.1, 0.15) is 11.6 Å². The number of hydrogen-bond donors (Lipinski definition) is 2. The van der Waals surface area contributed by atoms with Crippen LogP contribution in [0.15, 0.2) is 41.5 Å². The third kappa shape index (κ3) is 4.25. The van der Waals surface area contributed by atoms with E-state index in [0.717, 1.165) is 18.4 Å². The number of nitriles is 1. The summed E-state index contributed by atoms with van der Waals surface area (Å²) in [5.74, 6) is -0.392. The van der Waals surface area contributed by atoms with Crippen LogP contribution in [0, 0.1) is 11.3 Å². The SMILES string of the molecule is CC(NC(=O)/C(C#N)=C\Nc1nccs1)c1ccc2c(c1)CCCC2. The lowest BCUT2D eigenvalue weighted by Crippen LogP contribution is -2.28. The molecule has 1 aromatic carbocycles. The molecule has 0 radical (unpaired) electrons. The van der Waals surface area contributed by atoms with Crippen LogP contribution in [0.2, 0.25) is 0 Å². The predicted octanol–water partition coefficient (Wildman–Crippen LogP) is 3.72. The largest absolute Gasteiger partial charge is 0.345 e. The fourth-order valence-electron chi connectivity index (χ4n) is 2.96. The molecule has 0 spiro atoms. The van der Waals surface area contributed by atoms with E-state index in [-0.39, 0.29) is 11.6 Å². The number of anilines is 1. The minimum absolute atomic E-state index is 0.0278. The molecule has 0 bridgehead atoms. The Kier molecular flexibility index (Phi) is 5.46. The maximum Gasteiger partial charge on any atom is 0.263 e. The molecule has 6 heteroatoms. The fraction of sp³-hybridized carbons (Fsp3) is 0.316. The van der Waals surface area contributed by atoms with Crippen LogP contribution in [-0.2, 0) is 17.6 Å². The normalized spacial score (nSPS) is 15.0. The summed E-state index contributed by atoms with van der Waals surface area (Å²) in [6.07, 6.45) is 7.77. The molecule has 2 N–H and O–H groups in total. The van der Waals surface area contributed by atoms with Gasteiger partial charge in [0.2, 0.25) is 0 Å². The number of aromatic nitrogens is 1. The first-order valence-corrected chi connectivity index (χ1v) is 9.24. The Hall–Kier alpha value is -2.65. The van der Waals surface area contributed by atoms with Crippen LogP contribution in [0.5, 0.6) is 0 Å². The van der Waals surface area contributed by atoms with Gasteiger partial charge in [0, 0.05) is 17.8 Å². The Morgan fingerprint density at radius 2 is 2.16 bits per heavy atom. The summed E-state index contributed by atoms with van der Waals surface area (Å²) in [6.45, 7) is 1.94. The summed E-state index contributed by atoms with van der Waals surface area (Å²) in [6, 6.07) is 8.19. The minimum atomic E-state index is -0.392. The highest BCUT2D eigenvalue weighted by molar-refractivity contribution is 7.13. The van der Waals surface area contributed by atoms with Crippen molar-refractivity contribution in [3.8, 4) is 6.07 Å². The number of fused-ring (bicyclic) bond motifs is 1. The summed E-state index contributed by atoms with van der Waals surface area (Å²) in [7, 11) is 0. The van der Waals surface area contributed by atoms with Crippen LogP contribution < -0.4 is 10.6 Å². The lowest BCUT2D eigenvalue weighted by molar-refractivity contribution is -0.117. The number of aryl methyl sites for hydroxylation is 2. The van der Waals surface area contributed by atoms with Gasteiger partial charge < -0.3 is 10.6 Å². The maximum absolute atomic E-state index is 12.3. The zero-order chi connectivity index (χ0) is 17.6. The molecule has 0 saturated carbocycles. The topological polar surface area (TPSA) is 77.8 Å². The van der Waals surface area contributed by atoms with Gasteiger partial charge in [-0.05, 0) is 49.3 Å². The first kappa shape index (κ1) is 17.2. The molecule has 1 heterocycles. The highest BCUT2D eigenvalue weighted by atomic mass is 32.1. The molecule has 0 aliphatic heterocycles. The average Bonchev–Trinajstić information content (AvgIpc) is 3.15. The summed E-state index contributed by atoms with van der Waals surface area (Å²) >= 11 is 1.40. The van der Waals surface area contributed by atoms with E-state index in [1.165, 1.54) is 41.5 Å². The number of carbonyl (C=O) groups excluding carboxylic acids is 1. The molecule has 1 aliphatic rings. The molecule has 1 atom stereocenters. The molecule has 0 fully saturated rings. The number of rotatable bonds is 5. The van der Waals surface area contributed by atoms with Gasteiger partial charge in [-0.25, -0.2) is 4.98 Å². The van der Waals surface area contributed by atoms with Crippen molar-refractivity contribution in [1.82, 2.24) is 10.3 Å². The van der Waals surface area contributed by atoms with Crippen molar-refractivity contribution < 1.29 is 4.79 Å². The van der Waals surface area contributed by atoms with Crippen LogP contribution in [0.1, 0.15) is 42.5 Å². The van der Waals surface area contributed by atoms with Crippen molar-refractivity contribution in [2.75, 3.05) is 5.32 Å². The molecular weight excluding hydrogens is 332 g/mol. The molecule has 0 saturated heterocycles. The van der Waals surface area contributed by atoms with E-state index in [1.54, 1.807) is 6.20 Å². The van der Waals surface area contributed by atoms with Crippen molar-refractivity contribution in [2.45, 2.75) is 38.6 Å². The van der Waals surface area contributed by atoms with Gasteiger partial charge in [0.05, 0.1) is 6.04 Å². The summed E-state index contributed by atoms with van der Waals surface area (Å²) < 4.78 is 0. The van der Waals surface area contributed by atoms with E-state index in [2.05, 4.69) is 33.8 Å². The first-order chi connectivity index (χ1) is 12.2. The van der Waals surface area contributed by atoms with Gasteiger partial charge in [0.15, 0.2) is 5.13 Å². The van der Waals surface area contributed by atoms with Crippen LogP contribution in [0.3, 0.4) is 0 Å². The number of nitrogens with zero attached hydrogens (tertiary/aromatic N) is 2. The predicted molar refractivity (Wildman–Crippen MR) is 99.1 cm³/mol. The Morgan fingerprint density at radius 1 is 1.36 bits per heavy atom. The Balaban J connectivity index is 1.66. The molecule has 1 unspecified atom stereocenters. The van der Waals surface area contributed by atoms with E-state index >= 15 is 0 Å². The van der Waals surface area contributed by atoms with Crippen molar-refractivity contribution in [1.29, 1.82) is 5.26 Å². The van der Waals surface area contributed by atoms with Crippen molar-refractivity contribution in [3.05, 3.63) is 58.2 Å². The average molecular weight is 352 g/mol. The molecule has 1 amide bonds. The summed E-state index contributed by atoms with van der Waals surface area (Å²) in [5, 5.41) is 17.5. The number of carbonyl (C=O) groups is 1. The van der Waals surface area contributed by atoms with Gasteiger partial charge in [-0.15, -0.1) is 11.3 Å². The second-order valence-corrected chi connectivity index (χ2v) is 6.98. The number of hydrogen-bond acceptors (Lipinski definition) is 5. The monoisotopic (exact) mass is 352 g/mol. The van der Waals surface area contributed by atoms with Crippen LogP contribution in [0.4, 0.5) is 5.13 Å². The molecule has 128 valence electrons. The molecule has 25 heavy (non-hydrogen) atoms. The van der Waals surface area contributed by atoms with E-state index in [4.69, 9.17) is 0 Å². The summed E-state index contributed by atoms with van der Waals surface area (Å²) in [4.78, 5) is 16.4. The molecule has 2 aromatic rings. The molecule has 1 aliphatic carbocycles. The van der Waals surface area contributed by atoms with E-state index < -0.39 is 5.91 Å². The van der Waals surface area contributed by atoms with E-state index in [0.29, 0.717) is 5.13 Å². The smallest absolute Gasteiger partial charge is 0.263 e. The maximum atomic E-state index is 12.3. The Bertz CT molecular complexity index is 820. The first-order valence-electron chi connectivity index (χ1n) is 8.36. The lowest BCUT2D eigenvalue weighted by atomic mass is 9.89. The number of benzene rings is 1. The van der Waals surface area contributed by atoms with Crippen molar-refractivity contribution >= 4 is 22.4 Å². The third-order valence-corrected chi connectivity index (χ3v) is 5.06. The third-order valence-electron chi connectivity index (χ3n) is 4.36. The molecular formula is C19H20N4OS. The zero-order valence-corrected chi connectivity index (χ0v) is 14.9. The zero-order valence-electron chi connectivity index (χ0n) is 14.1. The minimum Gasteiger partial charge on any atom is -0.345 e. The Labute approximate surface area is 151 Å². The second-order valence-electron chi connectivity index (χ2n) is 6.08. The van der Waals surface area contributed by atoms with Crippen LogP contribution in [-0.4, -0.2) is 10.9 Å².